The zero-order chi connectivity index (χ0) is 30.3. The molecule has 4 aromatic rings. The standard InChI is InChI=1S/C39H45ClO3/c1-3-5-7-8-9-10-12-28-42-35-23-18-31(19-24-35)32-20-25-36(26-21-32)43-39(41)34-22-27-37(38(40)29-34)33-16-14-30(15-17-33)13-11-6-4-2/h14-27,29H,3-13,28H2,1-2H3. The van der Waals surface area contributed by atoms with E-state index in [1.165, 1.54) is 63.4 Å². The van der Waals surface area contributed by atoms with Crippen LogP contribution in [-0.4, -0.2) is 12.6 Å². The maximum Gasteiger partial charge on any atom is 0.343 e. The number of ether oxygens (including phenoxy) is 2. The number of benzene rings is 4. The second-order valence-electron chi connectivity index (χ2n) is 11.3. The number of aryl methyl sites for hydroxylation is 1. The molecule has 0 saturated heterocycles. The van der Waals surface area contributed by atoms with Crippen LogP contribution in [0.25, 0.3) is 22.3 Å². The van der Waals surface area contributed by atoms with Crippen molar-refractivity contribution in [3.63, 3.8) is 0 Å². The highest BCUT2D eigenvalue weighted by Crippen LogP contribution is 2.30. The molecular weight excluding hydrogens is 552 g/mol. The van der Waals surface area contributed by atoms with Crippen LogP contribution in [0, 0.1) is 0 Å². The van der Waals surface area contributed by atoms with Crippen molar-refractivity contribution in [2.45, 2.75) is 84.5 Å². The Hall–Kier alpha value is -3.56. The van der Waals surface area contributed by atoms with Crippen molar-refractivity contribution in [1.29, 1.82) is 0 Å². The van der Waals surface area contributed by atoms with E-state index in [4.69, 9.17) is 21.1 Å². The van der Waals surface area contributed by atoms with Crippen molar-refractivity contribution >= 4 is 17.6 Å². The van der Waals surface area contributed by atoms with Crippen LogP contribution < -0.4 is 9.47 Å². The summed E-state index contributed by atoms with van der Waals surface area (Å²) in [4.78, 5) is 12.9. The Bertz CT molecular complexity index is 1390. The van der Waals surface area contributed by atoms with Crippen LogP contribution in [0.4, 0.5) is 0 Å². The van der Waals surface area contributed by atoms with Gasteiger partial charge in [-0.3, -0.25) is 0 Å². The van der Waals surface area contributed by atoms with Crippen molar-refractivity contribution in [2.24, 2.45) is 0 Å². The minimum absolute atomic E-state index is 0.418. The minimum atomic E-state index is -0.435. The maximum absolute atomic E-state index is 12.9. The summed E-state index contributed by atoms with van der Waals surface area (Å²) in [6.45, 7) is 5.22. The Balaban J connectivity index is 1.26. The SMILES string of the molecule is CCCCCCCCCOc1ccc(-c2ccc(OC(=O)c3ccc(-c4ccc(CCCCC)cc4)c(Cl)c3)cc2)cc1. The van der Waals surface area contributed by atoms with E-state index in [0.29, 0.717) is 16.3 Å². The minimum Gasteiger partial charge on any atom is -0.494 e. The summed E-state index contributed by atoms with van der Waals surface area (Å²) < 4.78 is 11.6. The van der Waals surface area contributed by atoms with Gasteiger partial charge in [0.05, 0.1) is 12.2 Å². The Morgan fingerprint density at radius 2 is 1.16 bits per heavy atom. The summed E-state index contributed by atoms with van der Waals surface area (Å²) >= 11 is 6.60. The first-order valence-electron chi connectivity index (χ1n) is 16.0. The number of hydrogen-bond acceptors (Lipinski definition) is 3. The van der Waals surface area contributed by atoms with Crippen LogP contribution in [0.1, 0.15) is 94.0 Å². The first-order chi connectivity index (χ1) is 21.1. The van der Waals surface area contributed by atoms with Crippen molar-refractivity contribution in [3.05, 3.63) is 107 Å². The van der Waals surface area contributed by atoms with Crippen molar-refractivity contribution in [1.82, 2.24) is 0 Å². The zero-order valence-corrected chi connectivity index (χ0v) is 26.5. The number of rotatable bonds is 17. The Morgan fingerprint density at radius 3 is 1.79 bits per heavy atom. The van der Waals surface area contributed by atoms with Crippen LogP contribution in [0.5, 0.6) is 11.5 Å². The molecule has 0 unspecified atom stereocenters. The monoisotopic (exact) mass is 596 g/mol. The number of halogens is 1. The third-order valence-corrected chi connectivity index (χ3v) is 8.12. The van der Waals surface area contributed by atoms with Gasteiger partial charge in [-0.2, -0.15) is 0 Å². The number of carbonyl (C=O) groups is 1. The molecule has 0 aromatic heterocycles. The van der Waals surface area contributed by atoms with Gasteiger partial charge in [0, 0.05) is 10.6 Å². The second kappa shape index (κ2) is 17.5. The average Bonchev–Trinajstić information content (AvgIpc) is 3.03. The molecule has 4 heteroatoms. The van der Waals surface area contributed by atoms with E-state index < -0.39 is 5.97 Å². The molecule has 0 spiro atoms. The molecule has 0 amide bonds. The molecule has 0 atom stereocenters. The molecule has 0 aliphatic carbocycles. The van der Waals surface area contributed by atoms with Crippen LogP contribution in [0.3, 0.4) is 0 Å². The largest absolute Gasteiger partial charge is 0.494 e. The Labute approximate surface area is 263 Å². The Kier molecular flexibility index (Phi) is 13.2. The number of unbranched alkanes of at least 4 members (excludes halogenated alkanes) is 8. The number of esters is 1. The van der Waals surface area contributed by atoms with Gasteiger partial charge in [0.25, 0.3) is 0 Å². The molecule has 3 nitrogen and oxygen atoms in total. The number of carbonyl (C=O) groups excluding carboxylic acids is 1. The first-order valence-corrected chi connectivity index (χ1v) is 16.4. The van der Waals surface area contributed by atoms with Gasteiger partial charge < -0.3 is 9.47 Å². The highest BCUT2D eigenvalue weighted by Gasteiger charge is 2.13. The topological polar surface area (TPSA) is 35.5 Å². The maximum atomic E-state index is 12.9. The lowest BCUT2D eigenvalue weighted by Gasteiger charge is -2.10. The van der Waals surface area contributed by atoms with Gasteiger partial charge in [-0.15, -0.1) is 0 Å². The van der Waals surface area contributed by atoms with Gasteiger partial charge in [-0.1, -0.05) is 131 Å². The summed E-state index contributed by atoms with van der Waals surface area (Å²) in [6, 6.07) is 29.5. The molecular formula is C39H45ClO3. The van der Waals surface area contributed by atoms with Gasteiger partial charge in [0.1, 0.15) is 11.5 Å². The second-order valence-corrected chi connectivity index (χ2v) is 11.7. The molecule has 0 fully saturated rings. The fourth-order valence-corrected chi connectivity index (χ4v) is 5.47. The zero-order valence-electron chi connectivity index (χ0n) is 25.7. The lowest BCUT2D eigenvalue weighted by atomic mass is 10.0. The van der Waals surface area contributed by atoms with E-state index in [1.807, 2.05) is 42.5 Å². The molecule has 0 aliphatic heterocycles. The van der Waals surface area contributed by atoms with Gasteiger partial charge >= 0.3 is 5.97 Å². The van der Waals surface area contributed by atoms with E-state index >= 15 is 0 Å². The lowest BCUT2D eigenvalue weighted by molar-refractivity contribution is 0.0735. The van der Waals surface area contributed by atoms with E-state index in [9.17, 15) is 4.79 Å². The molecule has 0 radical (unpaired) electrons. The quantitative estimate of drug-likeness (QED) is 0.0690. The van der Waals surface area contributed by atoms with Crippen molar-refractivity contribution in [3.8, 4) is 33.8 Å². The van der Waals surface area contributed by atoms with Crippen LogP contribution in [0.15, 0.2) is 91.0 Å². The van der Waals surface area contributed by atoms with E-state index in [0.717, 1.165) is 47.5 Å². The third-order valence-electron chi connectivity index (χ3n) is 7.81. The fraction of sp³-hybridized carbons (Fsp3) is 0.359. The van der Waals surface area contributed by atoms with Gasteiger partial charge in [0.2, 0.25) is 0 Å². The number of hydrogen-bond donors (Lipinski definition) is 0. The van der Waals surface area contributed by atoms with Gasteiger partial charge in [-0.25, -0.2) is 4.79 Å². The summed E-state index contributed by atoms with van der Waals surface area (Å²) in [5, 5.41) is 0.526. The average molecular weight is 597 g/mol. The van der Waals surface area contributed by atoms with Crippen molar-refractivity contribution in [2.75, 3.05) is 6.61 Å². The molecule has 226 valence electrons. The molecule has 0 heterocycles. The molecule has 4 aromatic carbocycles. The van der Waals surface area contributed by atoms with Gasteiger partial charge in [0.15, 0.2) is 0 Å². The molecule has 0 aliphatic rings. The predicted octanol–water partition coefficient (Wildman–Crippen LogP) is 11.8. The summed E-state index contributed by atoms with van der Waals surface area (Å²) in [7, 11) is 0. The molecule has 0 saturated carbocycles. The predicted molar refractivity (Wildman–Crippen MR) is 180 cm³/mol. The van der Waals surface area contributed by atoms with Crippen LogP contribution in [0.2, 0.25) is 5.02 Å². The van der Waals surface area contributed by atoms with E-state index in [2.05, 4.69) is 50.2 Å². The first kappa shape index (κ1) is 32.4. The van der Waals surface area contributed by atoms with Crippen molar-refractivity contribution < 1.29 is 14.3 Å². The fourth-order valence-electron chi connectivity index (χ4n) is 5.18. The van der Waals surface area contributed by atoms with Crippen LogP contribution in [-0.2, 0) is 6.42 Å². The summed E-state index contributed by atoms with van der Waals surface area (Å²) in [5.41, 5.74) is 5.81. The summed E-state index contributed by atoms with van der Waals surface area (Å²) in [6.07, 6.45) is 13.7. The highest BCUT2D eigenvalue weighted by molar-refractivity contribution is 6.33. The Morgan fingerprint density at radius 1 is 0.605 bits per heavy atom. The van der Waals surface area contributed by atoms with E-state index in [-0.39, 0.29) is 0 Å². The van der Waals surface area contributed by atoms with Crippen LogP contribution >= 0.6 is 11.6 Å². The molecule has 0 N–H and O–H groups in total. The normalized spacial score (nSPS) is 11.0. The smallest absolute Gasteiger partial charge is 0.343 e. The van der Waals surface area contributed by atoms with Gasteiger partial charge in [-0.05, 0) is 77.9 Å². The van der Waals surface area contributed by atoms with E-state index in [1.54, 1.807) is 12.1 Å². The third kappa shape index (κ3) is 10.3. The highest BCUT2D eigenvalue weighted by atomic mass is 35.5. The summed E-state index contributed by atoms with van der Waals surface area (Å²) in [5.74, 6) is 0.946. The molecule has 0 bridgehead atoms. The molecule has 4 rings (SSSR count). The molecule has 43 heavy (non-hydrogen) atoms. The lowest BCUT2D eigenvalue weighted by Crippen LogP contribution is -2.08.